The van der Waals surface area contributed by atoms with Crippen molar-refractivity contribution in [1.29, 1.82) is 0 Å². The summed E-state index contributed by atoms with van der Waals surface area (Å²) >= 11 is 0. The van der Waals surface area contributed by atoms with Gasteiger partial charge in [0.2, 0.25) is 21.8 Å². The molecule has 0 radical (unpaired) electrons. The molecule has 2 heterocycles. The third-order valence-electron chi connectivity index (χ3n) is 7.55. The van der Waals surface area contributed by atoms with Crippen LogP contribution in [0.25, 0.3) is 0 Å². The van der Waals surface area contributed by atoms with Crippen LogP contribution < -0.4 is 10.0 Å². The molecule has 1 aliphatic carbocycles. The zero-order valence-corrected chi connectivity index (χ0v) is 20.4. The van der Waals surface area contributed by atoms with Gasteiger partial charge in [0.05, 0.1) is 17.0 Å². The Morgan fingerprint density at radius 3 is 2.24 bits per heavy atom. The van der Waals surface area contributed by atoms with Crippen LogP contribution in [0.15, 0.2) is 53.7 Å². The van der Waals surface area contributed by atoms with Gasteiger partial charge in [-0.1, -0.05) is 33.8 Å². The monoisotopic (exact) mass is 484 g/mol. The number of aromatic nitrogens is 1. The number of primary sulfonamides is 1. The molecule has 1 aliphatic heterocycles. The van der Waals surface area contributed by atoms with Crippen LogP contribution in [0, 0.1) is 16.7 Å². The average Bonchev–Trinajstić information content (AvgIpc) is 3.00. The molecule has 1 saturated heterocycles. The predicted octanol–water partition coefficient (Wildman–Crippen LogP) is 2.07. The van der Waals surface area contributed by atoms with E-state index in [0.717, 1.165) is 10.5 Å². The van der Waals surface area contributed by atoms with Gasteiger partial charge in [-0.15, -0.1) is 0 Å². The van der Waals surface area contributed by atoms with Crippen LogP contribution in [0.5, 0.6) is 0 Å². The number of pyridine rings is 1. The van der Waals surface area contributed by atoms with E-state index in [1.54, 1.807) is 18.5 Å². The zero-order valence-electron chi connectivity index (χ0n) is 19.6. The van der Waals surface area contributed by atoms with Gasteiger partial charge in [-0.25, -0.2) is 18.5 Å². The number of benzene rings is 1. The second kappa shape index (κ2) is 7.99. The van der Waals surface area contributed by atoms with Crippen LogP contribution in [0.1, 0.15) is 39.7 Å². The smallest absolute Gasteiger partial charge is 0.257 e. The lowest BCUT2D eigenvalue weighted by Crippen LogP contribution is -2.46. The van der Waals surface area contributed by atoms with Crippen LogP contribution in [0.3, 0.4) is 0 Å². The second-order valence-electron chi connectivity index (χ2n) is 10.0. The summed E-state index contributed by atoms with van der Waals surface area (Å²) in [6.07, 6.45) is 3.10. The number of anilines is 1. The third-order valence-corrected chi connectivity index (χ3v) is 8.48. The molecule has 34 heavy (non-hydrogen) atoms. The summed E-state index contributed by atoms with van der Waals surface area (Å²) in [6.45, 7) is 8.26. The minimum atomic E-state index is -3.91. The zero-order chi connectivity index (χ0) is 25.1. The Morgan fingerprint density at radius 1 is 1.12 bits per heavy atom. The van der Waals surface area contributed by atoms with Gasteiger partial charge in [-0.3, -0.25) is 19.4 Å². The summed E-state index contributed by atoms with van der Waals surface area (Å²) in [6, 6.07) is 7.81. The van der Waals surface area contributed by atoms with E-state index in [0.29, 0.717) is 0 Å². The number of sulfonamides is 1. The maximum Gasteiger partial charge on any atom is 0.257 e. The third kappa shape index (κ3) is 3.90. The van der Waals surface area contributed by atoms with Crippen molar-refractivity contribution in [3.05, 3.63) is 54.4 Å². The van der Waals surface area contributed by atoms with Gasteiger partial charge in [-0.05, 0) is 46.7 Å². The van der Waals surface area contributed by atoms with Gasteiger partial charge < -0.3 is 4.90 Å². The molecule has 1 saturated carbocycles. The van der Waals surface area contributed by atoms with Crippen molar-refractivity contribution in [2.45, 2.75) is 51.6 Å². The average molecular weight is 485 g/mol. The lowest BCUT2D eigenvalue weighted by Gasteiger charge is -2.28. The van der Waals surface area contributed by atoms with Crippen LogP contribution in [-0.4, -0.2) is 42.1 Å². The van der Waals surface area contributed by atoms with E-state index in [2.05, 4.69) is 4.98 Å². The van der Waals surface area contributed by atoms with E-state index in [9.17, 15) is 22.8 Å². The number of amides is 3. The lowest BCUT2D eigenvalue weighted by atomic mass is 10.0. The molecule has 4 rings (SSSR count). The number of hydrogen-bond acceptors (Lipinski definition) is 6. The molecule has 2 aliphatic rings. The van der Waals surface area contributed by atoms with Crippen molar-refractivity contribution in [1.82, 2.24) is 9.88 Å². The largest absolute Gasteiger partial charge is 0.325 e. The van der Waals surface area contributed by atoms with Crippen LogP contribution >= 0.6 is 0 Å². The second-order valence-corrected chi connectivity index (χ2v) is 11.6. The van der Waals surface area contributed by atoms with E-state index < -0.39 is 27.9 Å². The first-order chi connectivity index (χ1) is 15.8. The minimum Gasteiger partial charge on any atom is -0.325 e. The van der Waals surface area contributed by atoms with Crippen LogP contribution in [0.4, 0.5) is 5.69 Å². The van der Waals surface area contributed by atoms with Gasteiger partial charge in [0.25, 0.3) is 5.91 Å². The molecule has 10 heteroatoms. The minimum absolute atomic E-state index is 0.126. The number of imide groups is 1. The number of carbonyl (C=O) groups is 3. The molecule has 2 fully saturated rings. The highest BCUT2D eigenvalue weighted by Gasteiger charge is 2.69. The molecule has 1 atom stereocenters. The molecule has 2 N–H and O–H groups in total. The summed E-state index contributed by atoms with van der Waals surface area (Å²) in [5, 5.41) is 5.14. The predicted molar refractivity (Wildman–Crippen MR) is 125 cm³/mol. The quantitative estimate of drug-likeness (QED) is 0.625. The Balaban J connectivity index is 1.66. The van der Waals surface area contributed by atoms with Crippen molar-refractivity contribution in [3.8, 4) is 0 Å². The highest BCUT2D eigenvalue weighted by molar-refractivity contribution is 7.89. The first kappa shape index (κ1) is 24.0. The summed E-state index contributed by atoms with van der Waals surface area (Å²) in [5.74, 6) is -1.45. The van der Waals surface area contributed by atoms with Gasteiger partial charge in [0.1, 0.15) is 6.04 Å². The highest BCUT2D eigenvalue weighted by Crippen LogP contribution is 2.69. The molecule has 2 aromatic rings. The molecule has 1 aromatic carbocycles. The van der Waals surface area contributed by atoms with Crippen molar-refractivity contribution in [3.63, 3.8) is 0 Å². The summed E-state index contributed by atoms with van der Waals surface area (Å²) < 4.78 is 23.1. The molecule has 1 aromatic heterocycles. The van der Waals surface area contributed by atoms with E-state index in [1.165, 1.54) is 29.2 Å². The van der Waals surface area contributed by atoms with E-state index in [4.69, 9.17) is 5.14 Å². The SMILES string of the molecule is CC1(C)C(C(=O)N(Cc2cccnc2)C2CC(=O)N(c3ccc(S(N)(=O)=O)cc3)C2=O)C1(C)C. The highest BCUT2D eigenvalue weighted by atomic mass is 32.2. The van der Waals surface area contributed by atoms with Gasteiger partial charge in [-0.2, -0.15) is 0 Å². The fourth-order valence-corrected chi connectivity index (χ4v) is 5.44. The first-order valence-electron chi connectivity index (χ1n) is 11.0. The summed E-state index contributed by atoms with van der Waals surface area (Å²) in [5.41, 5.74) is 0.493. The Bertz CT molecular complexity index is 1240. The molecule has 9 nitrogen and oxygen atoms in total. The van der Waals surface area contributed by atoms with E-state index >= 15 is 0 Å². The Hall–Kier alpha value is -3.11. The summed E-state index contributed by atoms with van der Waals surface area (Å²) in [7, 11) is -3.91. The van der Waals surface area contributed by atoms with Gasteiger partial charge in [0.15, 0.2) is 0 Å². The summed E-state index contributed by atoms with van der Waals surface area (Å²) in [4.78, 5) is 46.6. The van der Waals surface area contributed by atoms with Crippen LogP contribution in [-0.2, 0) is 31.0 Å². The van der Waals surface area contributed by atoms with Gasteiger partial charge >= 0.3 is 0 Å². The molecule has 0 spiro atoms. The standard InChI is InChI=1S/C24H28N4O5S/c1-23(2)20(24(23,3)4)22(31)27(14-15-6-5-11-26-13-15)18-12-19(29)28(21(18)30)16-7-9-17(10-8-16)34(25,32)33/h5-11,13,18,20H,12,14H2,1-4H3,(H2,25,32,33). The molecule has 1 unspecified atom stereocenters. The first-order valence-corrected chi connectivity index (χ1v) is 12.5. The topological polar surface area (TPSA) is 131 Å². The van der Waals surface area contributed by atoms with Crippen molar-refractivity contribution < 1.29 is 22.8 Å². The normalized spacial score (nSPS) is 21.6. The number of rotatable bonds is 6. The van der Waals surface area contributed by atoms with E-state index in [1.807, 2.05) is 33.8 Å². The molecular weight excluding hydrogens is 456 g/mol. The van der Waals surface area contributed by atoms with Gasteiger partial charge in [0, 0.05) is 24.9 Å². The Kier molecular flexibility index (Phi) is 5.64. The number of hydrogen-bond donors (Lipinski definition) is 1. The Labute approximate surface area is 199 Å². The van der Waals surface area contributed by atoms with E-state index in [-0.39, 0.29) is 46.2 Å². The molecular formula is C24H28N4O5S. The van der Waals surface area contributed by atoms with Crippen LogP contribution in [0.2, 0.25) is 0 Å². The number of nitrogens with zero attached hydrogens (tertiary/aromatic N) is 3. The fourth-order valence-electron chi connectivity index (χ4n) is 4.93. The molecule has 3 amide bonds. The fraction of sp³-hybridized carbons (Fsp3) is 0.417. The van der Waals surface area contributed by atoms with Crippen molar-refractivity contribution in [2.24, 2.45) is 21.9 Å². The Morgan fingerprint density at radius 2 is 1.74 bits per heavy atom. The lowest BCUT2D eigenvalue weighted by molar-refractivity contribution is -0.141. The molecule has 180 valence electrons. The number of nitrogens with two attached hydrogens (primary N) is 1. The van der Waals surface area contributed by atoms with Crippen molar-refractivity contribution >= 4 is 33.4 Å². The maximum atomic E-state index is 13.7. The maximum absolute atomic E-state index is 13.7. The van der Waals surface area contributed by atoms with Crippen molar-refractivity contribution in [2.75, 3.05) is 4.90 Å². The number of carbonyl (C=O) groups excluding carboxylic acids is 3. The molecule has 0 bridgehead atoms.